The van der Waals surface area contributed by atoms with Gasteiger partial charge in [0.1, 0.15) is 0 Å². The Hall–Kier alpha value is -1.39. The fourth-order valence-electron chi connectivity index (χ4n) is 2.89. The molecule has 1 heterocycles. The van der Waals surface area contributed by atoms with Crippen molar-refractivity contribution in [3.63, 3.8) is 0 Å². The lowest BCUT2D eigenvalue weighted by atomic mass is 10.0. The highest BCUT2D eigenvalue weighted by Crippen LogP contribution is 2.11. The zero-order chi connectivity index (χ0) is 16.5. The highest BCUT2D eigenvalue weighted by atomic mass is 35.5. The molecule has 1 saturated heterocycles. The zero-order valence-electron chi connectivity index (χ0n) is 14.5. The second kappa shape index (κ2) is 11.2. The number of rotatable bonds is 9. The zero-order valence-corrected chi connectivity index (χ0v) is 15.3. The van der Waals surface area contributed by atoms with Gasteiger partial charge in [0.15, 0.2) is 5.78 Å². The monoisotopic (exact) mass is 352 g/mol. The molecule has 1 aliphatic rings. The fraction of sp³-hybridized carbons (Fsp3) is 0.579. The van der Waals surface area contributed by atoms with E-state index in [0.29, 0.717) is 5.56 Å². The van der Waals surface area contributed by atoms with Crippen LogP contribution in [0.4, 0.5) is 0 Å². The maximum Gasteiger partial charge on any atom is 0.220 e. The van der Waals surface area contributed by atoms with Gasteiger partial charge in [-0.25, -0.2) is 0 Å². The molecule has 1 amide bonds. The van der Waals surface area contributed by atoms with E-state index in [1.54, 1.807) is 0 Å². The first-order chi connectivity index (χ1) is 11.2. The molecule has 0 aliphatic carbocycles. The van der Waals surface area contributed by atoms with E-state index in [4.69, 9.17) is 0 Å². The van der Waals surface area contributed by atoms with Crippen molar-refractivity contribution < 1.29 is 9.59 Å². The largest absolute Gasteiger partial charge is 0.352 e. The van der Waals surface area contributed by atoms with Crippen LogP contribution < -0.4 is 10.6 Å². The van der Waals surface area contributed by atoms with Gasteiger partial charge < -0.3 is 10.6 Å². The van der Waals surface area contributed by atoms with Crippen LogP contribution in [0.25, 0.3) is 0 Å². The van der Waals surface area contributed by atoms with Gasteiger partial charge in [0.25, 0.3) is 0 Å². The van der Waals surface area contributed by atoms with Crippen molar-refractivity contribution in [2.45, 2.75) is 57.9 Å². The standard InChI is InChI=1S/C19H28N2O2.ClH/c1-2-3-4-5-15-6-8-16(9-7-15)18(22)10-11-19(23)21-17-12-13-20-14-17;/h6-9,17,20H,2-5,10-14H2,1H3,(H,21,23);1H. The number of halogens is 1. The van der Waals surface area contributed by atoms with Crippen molar-refractivity contribution in [2.24, 2.45) is 0 Å². The number of aryl methyl sites for hydroxylation is 1. The lowest BCUT2D eigenvalue weighted by Crippen LogP contribution is -2.36. The van der Waals surface area contributed by atoms with E-state index in [0.717, 1.165) is 25.9 Å². The van der Waals surface area contributed by atoms with Gasteiger partial charge in [0, 0.05) is 31.0 Å². The quantitative estimate of drug-likeness (QED) is 0.529. The summed E-state index contributed by atoms with van der Waals surface area (Å²) < 4.78 is 0. The lowest BCUT2D eigenvalue weighted by molar-refractivity contribution is -0.121. The topological polar surface area (TPSA) is 58.2 Å². The Kier molecular flexibility index (Phi) is 9.65. The molecule has 0 bridgehead atoms. The first kappa shape index (κ1) is 20.7. The predicted molar refractivity (Wildman–Crippen MR) is 99.9 cm³/mol. The van der Waals surface area contributed by atoms with Gasteiger partial charge in [-0.2, -0.15) is 0 Å². The van der Waals surface area contributed by atoms with Crippen LogP contribution >= 0.6 is 12.4 Å². The van der Waals surface area contributed by atoms with Crippen molar-refractivity contribution >= 4 is 24.1 Å². The van der Waals surface area contributed by atoms with E-state index in [2.05, 4.69) is 17.6 Å². The number of carbonyl (C=O) groups excluding carboxylic acids is 2. The van der Waals surface area contributed by atoms with Gasteiger partial charge in [0.2, 0.25) is 5.91 Å². The molecule has 0 radical (unpaired) electrons. The summed E-state index contributed by atoms with van der Waals surface area (Å²) in [4.78, 5) is 24.0. The Morgan fingerprint density at radius 1 is 1.17 bits per heavy atom. The van der Waals surface area contributed by atoms with Crippen LogP contribution in [-0.4, -0.2) is 30.8 Å². The Morgan fingerprint density at radius 2 is 1.92 bits per heavy atom. The van der Waals surface area contributed by atoms with Crippen LogP contribution in [0.1, 0.15) is 61.4 Å². The summed E-state index contributed by atoms with van der Waals surface area (Å²) >= 11 is 0. The maximum absolute atomic E-state index is 12.2. The van der Waals surface area contributed by atoms with E-state index in [1.807, 2.05) is 24.3 Å². The van der Waals surface area contributed by atoms with Crippen molar-refractivity contribution in [3.05, 3.63) is 35.4 Å². The number of Topliss-reactive ketones (excluding diaryl/α,β-unsaturated/α-hetero) is 1. The summed E-state index contributed by atoms with van der Waals surface area (Å²) in [7, 11) is 0. The van der Waals surface area contributed by atoms with Crippen molar-refractivity contribution in [1.29, 1.82) is 0 Å². The minimum Gasteiger partial charge on any atom is -0.352 e. The van der Waals surface area contributed by atoms with Crippen molar-refractivity contribution in [3.8, 4) is 0 Å². The molecule has 1 aromatic rings. The van der Waals surface area contributed by atoms with E-state index in [1.165, 1.54) is 24.8 Å². The van der Waals surface area contributed by atoms with Gasteiger partial charge in [-0.1, -0.05) is 44.0 Å². The minimum absolute atomic E-state index is 0. The number of amides is 1. The SMILES string of the molecule is CCCCCc1ccc(C(=O)CCC(=O)NC2CCNC2)cc1.Cl. The van der Waals surface area contributed by atoms with Gasteiger partial charge >= 0.3 is 0 Å². The average Bonchev–Trinajstić information content (AvgIpc) is 3.06. The van der Waals surface area contributed by atoms with Gasteiger partial charge in [-0.3, -0.25) is 9.59 Å². The minimum atomic E-state index is -0.0248. The van der Waals surface area contributed by atoms with Crippen molar-refractivity contribution in [1.82, 2.24) is 10.6 Å². The van der Waals surface area contributed by atoms with Crippen LogP contribution in [0.2, 0.25) is 0 Å². The molecular weight excluding hydrogens is 324 g/mol. The molecule has 4 nitrogen and oxygen atoms in total. The summed E-state index contributed by atoms with van der Waals surface area (Å²) in [5, 5.41) is 6.18. The summed E-state index contributed by atoms with van der Waals surface area (Å²) in [6.07, 6.45) is 6.25. The molecule has 2 N–H and O–H groups in total. The summed E-state index contributed by atoms with van der Waals surface area (Å²) in [6.45, 7) is 3.98. The third kappa shape index (κ3) is 7.02. The van der Waals surface area contributed by atoms with Crippen LogP contribution in [0.3, 0.4) is 0 Å². The molecule has 24 heavy (non-hydrogen) atoms. The fourth-order valence-corrected chi connectivity index (χ4v) is 2.89. The molecule has 1 unspecified atom stereocenters. The molecule has 1 fully saturated rings. The molecular formula is C19H29ClN2O2. The number of ketones is 1. The molecule has 1 aliphatic heterocycles. The number of benzene rings is 1. The number of hydrogen-bond donors (Lipinski definition) is 2. The van der Waals surface area contributed by atoms with Crippen LogP contribution in [-0.2, 0) is 11.2 Å². The summed E-state index contributed by atoms with van der Waals surface area (Å²) in [6, 6.07) is 8.07. The number of hydrogen-bond acceptors (Lipinski definition) is 3. The van der Waals surface area contributed by atoms with Crippen LogP contribution in [0.15, 0.2) is 24.3 Å². The maximum atomic E-state index is 12.2. The van der Waals surface area contributed by atoms with Gasteiger partial charge in [-0.15, -0.1) is 12.4 Å². The highest BCUT2D eigenvalue weighted by molar-refractivity contribution is 5.98. The highest BCUT2D eigenvalue weighted by Gasteiger charge is 2.17. The molecule has 1 atom stereocenters. The van der Waals surface area contributed by atoms with Gasteiger partial charge in [0.05, 0.1) is 0 Å². The third-order valence-corrected chi connectivity index (χ3v) is 4.35. The lowest BCUT2D eigenvalue weighted by Gasteiger charge is -2.10. The molecule has 1 aromatic carbocycles. The summed E-state index contributed by atoms with van der Waals surface area (Å²) in [5.74, 6) is 0.0213. The number of carbonyl (C=O) groups is 2. The molecule has 5 heteroatoms. The van der Waals surface area contributed by atoms with Crippen molar-refractivity contribution in [2.75, 3.05) is 13.1 Å². The van der Waals surface area contributed by atoms with E-state index >= 15 is 0 Å². The van der Waals surface area contributed by atoms with E-state index in [9.17, 15) is 9.59 Å². The Morgan fingerprint density at radius 3 is 2.54 bits per heavy atom. The predicted octanol–water partition coefficient (Wildman–Crippen LogP) is 3.28. The molecule has 2 rings (SSSR count). The Balaban J connectivity index is 0.00000288. The average molecular weight is 353 g/mol. The molecule has 134 valence electrons. The van der Waals surface area contributed by atoms with Crippen LogP contribution in [0.5, 0.6) is 0 Å². The molecule has 0 spiro atoms. The van der Waals surface area contributed by atoms with E-state index < -0.39 is 0 Å². The second-order valence-electron chi connectivity index (χ2n) is 6.33. The molecule has 0 saturated carbocycles. The van der Waals surface area contributed by atoms with E-state index in [-0.39, 0.29) is 43.0 Å². The number of nitrogens with one attached hydrogen (secondary N) is 2. The second-order valence-corrected chi connectivity index (χ2v) is 6.33. The Labute approximate surface area is 151 Å². The van der Waals surface area contributed by atoms with Gasteiger partial charge in [-0.05, 0) is 31.4 Å². The third-order valence-electron chi connectivity index (χ3n) is 4.35. The smallest absolute Gasteiger partial charge is 0.220 e. The molecule has 0 aromatic heterocycles. The Bertz CT molecular complexity index is 511. The normalized spacial score (nSPS) is 16.5. The van der Waals surface area contributed by atoms with Crippen LogP contribution in [0, 0.1) is 0 Å². The summed E-state index contributed by atoms with van der Waals surface area (Å²) in [5.41, 5.74) is 1.99. The first-order valence-corrected chi connectivity index (χ1v) is 8.81. The number of unbranched alkanes of at least 4 members (excludes halogenated alkanes) is 2. The first-order valence-electron chi connectivity index (χ1n) is 8.81.